The van der Waals surface area contributed by atoms with Crippen molar-refractivity contribution in [2.45, 2.75) is 0 Å². The molecule has 0 spiro atoms. The number of benzene rings is 10. The van der Waals surface area contributed by atoms with Crippen molar-refractivity contribution in [3.63, 3.8) is 0 Å². The second kappa shape index (κ2) is 15.2. The SMILES string of the molecule is c1ccc(-c2ccc(-c3cc(-c4cc(-c5ccccc5)c5[se]c6ccccc6c5c4)cc(-c4ccc5c6cc(-c7ccccc7)ccc6n(-c6ccccc6)c5c4)c3)cc2)cc1. The van der Waals surface area contributed by atoms with Gasteiger partial charge < -0.3 is 0 Å². The van der Waals surface area contributed by atoms with E-state index in [0.717, 1.165) is 5.69 Å². The third-order valence-electron chi connectivity index (χ3n) is 12.4. The first-order valence-corrected chi connectivity index (χ1v) is 22.9. The summed E-state index contributed by atoms with van der Waals surface area (Å²) in [4.78, 5) is 0. The van der Waals surface area contributed by atoms with Gasteiger partial charge in [-0.3, -0.25) is 0 Å². The fraction of sp³-hybridized carbons (Fsp3) is 0. The Kier molecular flexibility index (Phi) is 8.92. The molecule has 0 aliphatic rings. The molecule has 2 aromatic heterocycles. The number of aromatic nitrogens is 1. The summed E-state index contributed by atoms with van der Waals surface area (Å²) in [6.45, 7) is 0. The van der Waals surface area contributed by atoms with E-state index in [2.05, 4.69) is 241 Å². The molecule has 62 heavy (non-hydrogen) atoms. The molecule has 0 atom stereocenters. The standard InChI is InChI=1S/C60H39NSe/c1-5-15-40(16-6-1)42-25-27-43(28-26-42)47-33-48(35-49(34-47)50-37-54(44-19-9-3-10-20-44)60-56(38-50)53-23-13-14-24-59(53)62-60)46-29-31-52-55-36-45(41-17-7-2-8-18-41)30-32-57(55)61(58(52)39-46)51-21-11-4-12-22-51/h1-39H. The predicted molar refractivity (Wildman–Crippen MR) is 265 cm³/mol. The summed E-state index contributed by atoms with van der Waals surface area (Å²) in [6, 6.07) is 87.2. The van der Waals surface area contributed by atoms with Crippen LogP contribution in [0.4, 0.5) is 0 Å². The molecular weight excluding hydrogens is 814 g/mol. The van der Waals surface area contributed by atoms with Crippen LogP contribution in [0.1, 0.15) is 0 Å². The largest absolute Gasteiger partial charge is 0.0617 e. The number of para-hydroxylation sites is 1. The van der Waals surface area contributed by atoms with Crippen LogP contribution >= 0.6 is 0 Å². The van der Waals surface area contributed by atoms with Gasteiger partial charge in [-0.15, -0.1) is 0 Å². The molecule has 290 valence electrons. The molecule has 0 saturated heterocycles. The van der Waals surface area contributed by atoms with Crippen molar-refractivity contribution < 1.29 is 0 Å². The van der Waals surface area contributed by atoms with Crippen molar-refractivity contribution >= 4 is 55.6 Å². The van der Waals surface area contributed by atoms with Crippen LogP contribution in [0.25, 0.3) is 114 Å². The van der Waals surface area contributed by atoms with Gasteiger partial charge in [0.05, 0.1) is 0 Å². The maximum absolute atomic E-state index is 2.46. The van der Waals surface area contributed by atoms with Crippen LogP contribution in [0.15, 0.2) is 237 Å². The summed E-state index contributed by atoms with van der Waals surface area (Å²) >= 11 is 0.234. The zero-order valence-electron chi connectivity index (χ0n) is 33.9. The van der Waals surface area contributed by atoms with E-state index in [0.29, 0.717) is 0 Å². The van der Waals surface area contributed by atoms with Crippen LogP contribution in [0.2, 0.25) is 0 Å². The Morgan fingerprint density at radius 3 is 1.42 bits per heavy atom. The first-order chi connectivity index (χ1) is 30.7. The Balaban J connectivity index is 1.09. The number of nitrogens with zero attached hydrogens (tertiary/aromatic N) is 1. The van der Waals surface area contributed by atoms with Gasteiger partial charge in [-0.1, -0.05) is 84.9 Å². The van der Waals surface area contributed by atoms with E-state index < -0.39 is 0 Å². The molecule has 1 nitrogen and oxygen atoms in total. The van der Waals surface area contributed by atoms with E-state index >= 15 is 0 Å². The molecule has 10 aromatic carbocycles. The van der Waals surface area contributed by atoms with E-state index in [1.165, 1.54) is 108 Å². The van der Waals surface area contributed by atoms with Gasteiger partial charge in [0, 0.05) is 0 Å². The van der Waals surface area contributed by atoms with Gasteiger partial charge in [-0.25, -0.2) is 0 Å². The third-order valence-corrected chi connectivity index (χ3v) is 14.9. The third kappa shape index (κ3) is 6.41. The summed E-state index contributed by atoms with van der Waals surface area (Å²) in [5.41, 5.74) is 18.2. The van der Waals surface area contributed by atoms with Gasteiger partial charge in [-0.2, -0.15) is 0 Å². The summed E-state index contributed by atoms with van der Waals surface area (Å²) in [6.07, 6.45) is 0. The number of fused-ring (bicyclic) bond motifs is 6. The number of rotatable bonds is 7. The molecule has 12 aromatic rings. The molecule has 0 fully saturated rings. The van der Waals surface area contributed by atoms with E-state index in [1.807, 2.05) is 0 Å². The minimum Gasteiger partial charge on any atom is -0.0617 e. The summed E-state index contributed by atoms with van der Waals surface area (Å²) in [5, 5.41) is 5.21. The Hall–Kier alpha value is -7.48. The minimum atomic E-state index is 0.234. The summed E-state index contributed by atoms with van der Waals surface area (Å²) in [7, 11) is 0. The molecular formula is C60H39NSe. The van der Waals surface area contributed by atoms with Gasteiger partial charge in [0.25, 0.3) is 0 Å². The fourth-order valence-electron chi connectivity index (χ4n) is 9.31. The van der Waals surface area contributed by atoms with Crippen molar-refractivity contribution in [3.8, 4) is 72.4 Å². The van der Waals surface area contributed by atoms with E-state index in [-0.39, 0.29) is 14.5 Å². The maximum Gasteiger partial charge on any atom is -0.0544 e. The van der Waals surface area contributed by atoms with Gasteiger partial charge >= 0.3 is 249 Å². The Labute approximate surface area is 367 Å². The zero-order valence-corrected chi connectivity index (χ0v) is 35.6. The molecule has 2 heterocycles. The Morgan fingerprint density at radius 2 is 0.726 bits per heavy atom. The summed E-state index contributed by atoms with van der Waals surface area (Å²) < 4.78 is 5.35. The molecule has 0 unspecified atom stereocenters. The zero-order chi connectivity index (χ0) is 41.0. The minimum absolute atomic E-state index is 0.234. The Morgan fingerprint density at radius 1 is 0.258 bits per heavy atom. The normalized spacial score (nSPS) is 11.5. The van der Waals surface area contributed by atoms with Gasteiger partial charge in [-0.05, 0) is 35.4 Å². The van der Waals surface area contributed by atoms with Crippen LogP contribution in [0.3, 0.4) is 0 Å². The Bertz CT molecular complexity index is 3580. The number of hydrogen-bond acceptors (Lipinski definition) is 0. The molecule has 2 heteroatoms. The maximum atomic E-state index is 2.46. The van der Waals surface area contributed by atoms with Crippen LogP contribution in [-0.4, -0.2) is 19.1 Å². The van der Waals surface area contributed by atoms with E-state index in [4.69, 9.17) is 0 Å². The molecule has 12 rings (SSSR count). The average molecular weight is 853 g/mol. The van der Waals surface area contributed by atoms with Crippen LogP contribution in [-0.2, 0) is 0 Å². The molecule has 0 bridgehead atoms. The first kappa shape index (κ1) is 36.4. The fourth-order valence-corrected chi connectivity index (χ4v) is 11.9. The van der Waals surface area contributed by atoms with Crippen molar-refractivity contribution in [1.82, 2.24) is 4.57 Å². The van der Waals surface area contributed by atoms with E-state index in [9.17, 15) is 0 Å². The van der Waals surface area contributed by atoms with Gasteiger partial charge in [0.1, 0.15) is 0 Å². The van der Waals surface area contributed by atoms with Crippen LogP contribution < -0.4 is 0 Å². The second-order valence-electron chi connectivity index (χ2n) is 16.1. The topological polar surface area (TPSA) is 4.93 Å². The smallest absolute Gasteiger partial charge is 0.0544 e. The average Bonchev–Trinajstić information content (AvgIpc) is 3.90. The number of hydrogen-bond donors (Lipinski definition) is 0. The first-order valence-electron chi connectivity index (χ1n) is 21.2. The molecule has 0 N–H and O–H groups in total. The predicted octanol–water partition coefficient (Wildman–Crippen LogP) is 16.1. The van der Waals surface area contributed by atoms with Crippen molar-refractivity contribution in [2.75, 3.05) is 0 Å². The molecule has 0 amide bonds. The second-order valence-corrected chi connectivity index (χ2v) is 18.3. The molecule has 0 radical (unpaired) electrons. The van der Waals surface area contributed by atoms with Gasteiger partial charge in [0.15, 0.2) is 0 Å². The molecule has 0 aliphatic heterocycles. The molecule has 0 aliphatic carbocycles. The van der Waals surface area contributed by atoms with E-state index in [1.54, 1.807) is 0 Å². The van der Waals surface area contributed by atoms with Crippen molar-refractivity contribution in [1.29, 1.82) is 0 Å². The van der Waals surface area contributed by atoms with Crippen LogP contribution in [0.5, 0.6) is 0 Å². The summed E-state index contributed by atoms with van der Waals surface area (Å²) in [5.74, 6) is 0. The molecule has 0 saturated carbocycles. The monoisotopic (exact) mass is 853 g/mol. The van der Waals surface area contributed by atoms with Gasteiger partial charge in [0.2, 0.25) is 0 Å². The van der Waals surface area contributed by atoms with Crippen LogP contribution in [0, 0.1) is 0 Å². The quantitative estimate of drug-likeness (QED) is 0.141. The van der Waals surface area contributed by atoms with Crippen molar-refractivity contribution in [3.05, 3.63) is 237 Å². The van der Waals surface area contributed by atoms with Crippen molar-refractivity contribution in [2.24, 2.45) is 0 Å².